The van der Waals surface area contributed by atoms with Gasteiger partial charge >= 0.3 is 12.0 Å². The Labute approximate surface area is 106 Å². The topological polar surface area (TPSA) is 75.7 Å². The fourth-order valence-electron chi connectivity index (χ4n) is 1.55. The number of hydrogen-bond donors (Lipinski definition) is 1. The van der Waals surface area contributed by atoms with Gasteiger partial charge in [0.25, 0.3) is 0 Å². The number of carbonyl (C=O) groups excluding carboxylic acids is 3. The highest BCUT2D eigenvalue weighted by molar-refractivity contribution is 5.92. The van der Waals surface area contributed by atoms with Crippen LogP contribution in [0.25, 0.3) is 0 Å². The lowest BCUT2D eigenvalue weighted by atomic mass is 9.99. The molecule has 0 aliphatic heterocycles. The summed E-state index contributed by atoms with van der Waals surface area (Å²) in [7, 11) is 3.24. The molecule has 1 aliphatic carbocycles. The number of ether oxygens (including phenoxy) is 1. The zero-order valence-electron chi connectivity index (χ0n) is 10.9. The first-order valence-electron chi connectivity index (χ1n) is 5.84. The van der Waals surface area contributed by atoms with Crippen LogP contribution in [0.1, 0.15) is 26.2 Å². The molecule has 1 N–H and O–H groups in total. The van der Waals surface area contributed by atoms with E-state index >= 15 is 0 Å². The summed E-state index contributed by atoms with van der Waals surface area (Å²) in [5.41, 5.74) is 0. The van der Waals surface area contributed by atoms with E-state index in [0.29, 0.717) is 12.2 Å². The highest BCUT2D eigenvalue weighted by Crippen LogP contribution is 2.18. The van der Waals surface area contributed by atoms with Gasteiger partial charge < -0.3 is 15.0 Å². The number of urea groups is 1. The second kappa shape index (κ2) is 6.18. The van der Waals surface area contributed by atoms with Crippen molar-refractivity contribution in [3.63, 3.8) is 0 Å². The van der Waals surface area contributed by atoms with Gasteiger partial charge in [-0.25, -0.2) is 4.79 Å². The van der Waals surface area contributed by atoms with Crippen LogP contribution < -0.4 is 5.32 Å². The molecular formula is C12H18N2O4. The van der Waals surface area contributed by atoms with Gasteiger partial charge in [0.15, 0.2) is 5.78 Å². The van der Waals surface area contributed by atoms with Crippen LogP contribution in [0.4, 0.5) is 4.79 Å². The maximum absolute atomic E-state index is 11.5. The molecule has 1 rings (SSSR count). The summed E-state index contributed by atoms with van der Waals surface area (Å²) in [6.45, 7) is 1.68. The van der Waals surface area contributed by atoms with Crippen molar-refractivity contribution in [2.24, 2.45) is 0 Å². The molecule has 0 aromatic carbocycles. The summed E-state index contributed by atoms with van der Waals surface area (Å²) < 4.78 is 5.02. The number of allylic oxidation sites excluding steroid dienone is 1. The summed E-state index contributed by atoms with van der Waals surface area (Å²) in [4.78, 5) is 35.5. The Morgan fingerprint density at radius 3 is 2.67 bits per heavy atom. The van der Waals surface area contributed by atoms with Crippen LogP contribution in [0.5, 0.6) is 0 Å². The van der Waals surface area contributed by atoms with Crippen LogP contribution in [0.3, 0.4) is 0 Å². The van der Waals surface area contributed by atoms with Gasteiger partial charge in [-0.1, -0.05) is 6.92 Å². The van der Waals surface area contributed by atoms with E-state index in [0.717, 1.165) is 0 Å². The summed E-state index contributed by atoms with van der Waals surface area (Å²) in [5, 5.41) is 2.70. The lowest BCUT2D eigenvalue weighted by molar-refractivity contribution is -0.139. The number of esters is 1. The maximum Gasteiger partial charge on any atom is 0.317 e. The molecule has 0 saturated carbocycles. The van der Waals surface area contributed by atoms with E-state index in [1.807, 2.05) is 0 Å². The van der Waals surface area contributed by atoms with Gasteiger partial charge in [-0.2, -0.15) is 0 Å². The molecule has 6 nitrogen and oxygen atoms in total. The number of carbonyl (C=O) groups is 3. The summed E-state index contributed by atoms with van der Waals surface area (Å²) in [5.74, 6) is -0.208. The van der Waals surface area contributed by atoms with Gasteiger partial charge in [0.1, 0.15) is 5.76 Å². The Kier molecular flexibility index (Phi) is 4.88. The summed E-state index contributed by atoms with van der Waals surface area (Å²) in [6, 6.07) is -0.590. The van der Waals surface area contributed by atoms with Crippen molar-refractivity contribution in [1.29, 1.82) is 0 Å². The van der Waals surface area contributed by atoms with Gasteiger partial charge in [-0.15, -0.1) is 0 Å². The second-order valence-corrected chi connectivity index (χ2v) is 4.35. The van der Waals surface area contributed by atoms with Crippen LogP contribution >= 0.6 is 0 Å². The Bertz CT molecular complexity index is 388. The van der Waals surface area contributed by atoms with Gasteiger partial charge in [-0.05, 0) is 0 Å². The number of nitrogens with zero attached hydrogens (tertiary/aromatic N) is 1. The quantitative estimate of drug-likeness (QED) is 0.757. The molecule has 1 unspecified atom stereocenters. The van der Waals surface area contributed by atoms with E-state index in [9.17, 15) is 14.4 Å². The third-order valence-electron chi connectivity index (χ3n) is 2.48. The van der Waals surface area contributed by atoms with Crippen molar-refractivity contribution in [2.75, 3.05) is 14.1 Å². The monoisotopic (exact) mass is 254 g/mol. The van der Waals surface area contributed by atoms with Crippen LogP contribution in [-0.4, -0.2) is 42.8 Å². The van der Waals surface area contributed by atoms with Crippen LogP contribution in [0.15, 0.2) is 11.8 Å². The molecule has 1 aliphatic rings. The SMILES string of the molecule is CCC(=O)OC1=CC(=O)CC(NC(=O)N(C)C)C1. The predicted molar refractivity (Wildman–Crippen MR) is 64.7 cm³/mol. The van der Waals surface area contributed by atoms with Crippen molar-refractivity contribution in [3.8, 4) is 0 Å². The first kappa shape index (κ1) is 14.2. The fourth-order valence-corrected chi connectivity index (χ4v) is 1.55. The highest BCUT2D eigenvalue weighted by Gasteiger charge is 2.24. The minimum atomic E-state index is -0.381. The number of rotatable bonds is 3. The Morgan fingerprint density at radius 1 is 1.44 bits per heavy atom. The van der Waals surface area contributed by atoms with Crippen molar-refractivity contribution in [1.82, 2.24) is 10.2 Å². The average molecular weight is 254 g/mol. The Hall–Kier alpha value is -1.85. The molecule has 2 amide bonds. The predicted octanol–water partition coefficient (Wildman–Crippen LogP) is 0.826. The third kappa shape index (κ3) is 4.20. The van der Waals surface area contributed by atoms with Gasteiger partial charge in [-0.3, -0.25) is 9.59 Å². The van der Waals surface area contributed by atoms with Gasteiger partial charge in [0.2, 0.25) is 0 Å². The molecule has 0 aromatic heterocycles. The smallest absolute Gasteiger partial charge is 0.317 e. The zero-order chi connectivity index (χ0) is 13.7. The standard InChI is InChI=1S/C12H18N2O4/c1-4-11(16)18-10-6-8(5-9(15)7-10)13-12(17)14(2)3/h7-8H,4-6H2,1-3H3,(H,13,17). The molecule has 18 heavy (non-hydrogen) atoms. The molecule has 1 atom stereocenters. The van der Waals surface area contributed by atoms with E-state index in [-0.39, 0.29) is 36.7 Å². The van der Waals surface area contributed by atoms with Crippen molar-refractivity contribution in [2.45, 2.75) is 32.2 Å². The van der Waals surface area contributed by atoms with Gasteiger partial charge in [0, 0.05) is 45.5 Å². The largest absolute Gasteiger partial charge is 0.431 e. The van der Waals surface area contributed by atoms with Gasteiger partial charge in [0.05, 0.1) is 0 Å². The third-order valence-corrected chi connectivity index (χ3v) is 2.48. The number of hydrogen-bond acceptors (Lipinski definition) is 4. The van der Waals surface area contributed by atoms with Crippen LogP contribution in [-0.2, 0) is 14.3 Å². The van der Waals surface area contributed by atoms with Crippen molar-refractivity contribution >= 4 is 17.8 Å². The molecule has 6 heteroatoms. The first-order valence-corrected chi connectivity index (χ1v) is 5.84. The van der Waals surface area contributed by atoms with E-state index in [4.69, 9.17) is 4.74 Å². The van der Waals surface area contributed by atoms with Crippen molar-refractivity contribution in [3.05, 3.63) is 11.8 Å². The minimum Gasteiger partial charge on any atom is -0.431 e. The molecule has 100 valence electrons. The zero-order valence-corrected chi connectivity index (χ0v) is 10.9. The summed E-state index contributed by atoms with van der Waals surface area (Å²) in [6.07, 6.45) is 2.16. The lowest BCUT2D eigenvalue weighted by Crippen LogP contribution is -2.43. The lowest BCUT2D eigenvalue weighted by Gasteiger charge is -2.24. The Morgan fingerprint density at radius 2 is 2.11 bits per heavy atom. The Balaban J connectivity index is 2.61. The molecule has 0 radical (unpaired) electrons. The molecule has 0 bridgehead atoms. The number of nitrogens with one attached hydrogen (secondary N) is 1. The first-order chi connectivity index (χ1) is 8.42. The molecule has 0 aromatic rings. The fraction of sp³-hybridized carbons (Fsp3) is 0.583. The summed E-state index contributed by atoms with van der Waals surface area (Å²) >= 11 is 0. The van der Waals surface area contributed by atoms with E-state index in [1.165, 1.54) is 11.0 Å². The van der Waals surface area contributed by atoms with E-state index in [1.54, 1.807) is 21.0 Å². The van der Waals surface area contributed by atoms with Crippen LogP contribution in [0, 0.1) is 0 Å². The molecule has 0 fully saturated rings. The molecule has 0 spiro atoms. The maximum atomic E-state index is 11.5. The normalized spacial score (nSPS) is 18.9. The number of amides is 2. The minimum absolute atomic E-state index is 0.149. The van der Waals surface area contributed by atoms with Crippen LogP contribution in [0.2, 0.25) is 0 Å². The van der Waals surface area contributed by atoms with E-state index in [2.05, 4.69) is 5.32 Å². The highest BCUT2D eigenvalue weighted by atomic mass is 16.5. The van der Waals surface area contributed by atoms with E-state index < -0.39 is 0 Å². The molecular weight excluding hydrogens is 236 g/mol. The molecule has 0 heterocycles. The number of ketones is 1. The second-order valence-electron chi connectivity index (χ2n) is 4.35. The average Bonchev–Trinajstić information content (AvgIpc) is 2.27. The van der Waals surface area contributed by atoms with Crippen molar-refractivity contribution < 1.29 is 19.1 Å². The molecule has 0 saturated heterocycles.